The summed E-state index contributed by atoms with van der Waals surface area (Å²) in [6.07, 6.45) is 12.3. The second kappa shape index (κ2) is 13.6. The molecule has 0 bridgehead atoms. The molecule has 2 heterocycles. The zero-order valence-electron chi connectivity index (χ0n) is 30.6. The van der Waals surface area contributed by atoms with Gasteiger partial charge in [0, 0.05) is 55.2 Å². The van der Waals surface area contributed by atoms with Crippen molar-refractivity contribution in [2.75, 3.05) is 43.2 Å². The van der Waals surface area contributed by atoms with Gasteiger partial charge in [0.15, 0.2) is 5.79 Å². The van der Waals surface area contributed by atoms with Gasteiger partial charge in [0.1, 0.15) is 0 Å². The maximum Gasteiger partial charge on any atom is 0.319 e. The second-order valence-corrected chi connectivity index (χ2v) is 17.7. The fraction of sp³-hybridized carbons (Fsp3) is 0.651. The summed E-state index contributed by atoms with van der Waals surface area (Å²) in [5.74, 6) is 1.66. The zero-order valence-corrected chi connectivity index (χ0v) is 30.6. The Morgan fingerprint density at radius 3 is 2.36 bits per heavy atom. The first kappa shape index (κ1) is 34.2. The van der Waals surface area contributed by atoms with Crippen LogP contribution in [0.5, 0.6) is 0 Å². The molecule has 8 rings (SSSR count). The summed E-state index contributed by atoms with van der Waals surface area (Å²) in [6, 6.07) is 16.9. The van der Waals surface area contributed by atoms with Gasteiger partial charge in [-0.2, -0.15) is 0 Å². The van der Waals surface area contributed by atoms with Gasteiger partial charge in [0.25, 0.3) is 0 Å². The number of ether oxygens (including phenoxy) is 2. The van der Waals surface area contributed by atoms with Crippen molar-refractivity contribution in [1.29, 1.82) is 0 Å². The third-order valence-corrected chi connectivity index (χ3v) is 13.9. The smallest absolute Gasteiger partial charge is 0.319 e. The third kappa shape index (κ3) is 6.51. The quantitative estimate of drug-likeness (QED) is 0.298. The van der Waals surface area contributed by atoms with Crippen molar-refractivity contribution in [2.45, 2.75) is 110 Å². The van der Waals surface area contributed by atoms with Gasteiger partial charge in [-0.15, -0.1) is 0 Å². The molecule has 6 aliphatic rings. The van der Waals surface area contributed by atoms with Crippen LogP contribution in [-0.2, 0) is 16.0 Å². The Labute approximate surface area is 298 Å². The Hall–Kier alpha value is -2.90. The number of rotatable bonds is 6. The summed E-state index contributed by atoms with van der Waals surface area (Å²) in [6.45, 7) is 10.9. The molecule has 7 heteroatoms. The van der Waals surface area contributed by atoms with Crippen LogP contribution in [0, 0.1) is 34.5 Å². The van der Waals surface area contributed by atoms with Crippen molar-refractivity contribution >= 4 is 17.4 Å². The van der Waals surface area contributed by atoms with E-state index in [1.165, 1.54) is 43.4 Å². The Morgan fingerprint density at radius 1 is 0.900 bits per heavy atom. The first-order valence-corrected chi connectivity index (χ1v) is 19.7. The number of hydrogen-bond acceptors (Lipinski definition) is 4. The van der Waals surface area contributed by atoms with Crippen LogP contribution < -0.4 is 15.5 Å². The molecule has 4 aliphatic carbocycles. The number of benzene rings is 2. The molecule has 50 heavy (non-hydrogen) atoms. The monoisotopic (exact) mass is 683 g/mol. The van der Waals surface area contributed by atoms with E-state index in [-0.39, 0.29) is 29.5 Å². The lowest BCUT2D eigenvalue weighted by atomic mass is 9.51. The molecule has 6 unspecified atom stereocenters. The van der Waals surface area contributed by atoms with Crippen LogP contribution >= 0.6 is 0 Å². The first-order valence-electron chi connectivity index (χ1n) is 19.7. The minimum atomic E-state index is -0.431. The van der Waals surface area contributed by atoms with Crippen LogP contribution in [0.4, 0.5) is 20.6 Å². The molecule has 3 saturated carbocycles. The van der Waals surface area contributed by atoms with Gasteiger partial charge in [0.2, 0.25) is 0 Å². The first-order chi connectivity index (χ1) is 24.2. The summed E-state index contributed by atoms with van der Waals surface area (Å²) in [7, 11) is 0. The lowest BCUT2D eigenvalue weighted by Gasteiger charge is -2.55. The minimum absolute atomic E-state index is 0.0301. The topological polar surface area (TPSA) is 62.8 Å². The van der Waals surface area contributed by atoms with E-state index < -0.39 is 5.79 Å². The van der Waals surface area contributed by atoms with Crippen LogP contribution in [0.3, 0.4) is 0 Å². The predicted octanol–water partition coefficient (Wildman–Crippen LogP) is 9.76. The maximum absolute atomic E-state index is 14.5. The number of alkyl halides is 1. The fourth-order valence-corrected chi connectivity index (χ4v) is 11.0. The maximum atomic E-state index is 14.5. The van der Waals surface area contributed by atoms with Crippen molar-refractivity contribution in [1.82, 2.24) is 5.32 Å². The van der Waals surface area contributed by atoms with Gasteiger partial charge in [-0.3, -0.25) is 4.39 Å². The molecule has 2 N–H and O–H groups in total. The molecule has 6 atom stereocenters. The van der Waals surface area contributed by atoms with Crippen molar-refractivity contribution in [2.24, 2.45) is 34.5 Å². The van der Waals surface area contributed by atoms with Crippen LogP contribution in [0.15, 0.2) is 59.7 Å². The normalized spacial score (nSPS) is 33.0. The number of hydrogen-bond donors (Lipinski definition) is 2. The number of allylic oxidation sites excluding steroid dienone is 2. The van der Waals surface area contributed by atoms with E-state index in [2.05, 4.69) is 72.7 Å². The summed E-state index contributed by atoms with van der Waals surface area (Å²) >= 11 is 0. The van der Waals surface area contributed by atoms with Gasteiger partial charge >= 0.3 is 6.03 Å². The molecule has 2 saturated heterocycles. The summed E-state index contributed by atoms with van der Waals surface area (Å²) in [5, 5.41) is 6.06. The largest absolute Gasteiger partial charge is 0.372 e. The predicted molar refractivity (Wildman–Crippen MR) is 198 cm³/mol. The number of urea groups is 1. The lowest BCUT2D eigenvalue weighted by Crippen LogP contribution is -2.52. The van der Waals surface area contributed by atoms with E-state index in [0.29, 0.717) is 30.2 Å². The van der Waals surface area contributed by atoms with E-state index in [9.17, 15) is 9.18 Å². The highest BCUT2D eigenvalue weighted by molar-refractivity contribution is 5.89. The van der Waals surface area contributed by atoms with E-state index in [1.807, 2.05) is 12.1 Å². The van der Waals surface area contributed by atoms with Crippen molar-refractivity contribution in [3.8, 4) is 0 Å². The Morgan fingerprint density at radius 2 is 1.64 bits per heavy atom. The summed E-state index contributed by atoms with van der Waals surface area (Å²) < 4.78 is 27.6. The second-order valence-electron chi connectivity index (χ2n) is 17.7. The van der Waals surface area contributed by atoms with E-state index in [0.717, 1.165) is 76.1 Å². The number of nitrogens with zero attached hydrogens (tertiary/aromatic N) is 1. The third-order valence-electron chi connectivity index (χ3n) is 13.9. The zero-order chi connectivity index (χ0) is 34.5. The Kier molecular flexibility index (Phi) is 9.29. The summed E-state index contributed by atoms with van der Waals surface area (Å²) in [5.41, 5.74) is 7.91. The average molecular weight is 684 g/mol. The molecule has 5 fully saturated rings. The van der Waals surface area contributed by atoms with Crippen molar-refractivity contribution < 1.29 is 18.7 Å². The highest BCUT2D eigenvalue weighted by atomic mass is 19.1. The van der Waals surface area contributed by atoms with E-state index >= 15 is 0 Å². The standard InChI is InChI=1S/C43H58FN3O3/c1-41(2)27-49-43(50-28-41)20-19-35-31(23-43)11-17-36-38-18-12-32(25-44)42(38,3)24-37(39(35)36)30-9-7-29(8-10-30)26-45-40(48)46-33-13-15-34(16-14-33)47-21-5-4-6-22-47/h7-10,13-16,31-32,36-38H,4-6,11-12,17-28H2,1-3H3,(H2,45,46,48). The van der Waals surface area contributed by atoms with Crippen molar-refractivity contribution in [3.63, 3.8) is 0 Å². The molecular weight excluding hydrogens is 625 g/mol. The summed E-state index contributed by atoms with van der Waals surface area (Å²) in [4.78, 5) is 15.3. The fourth-order valence-electron chi connectivity index (χ4n) is 11.0. The molecule has 2 aliphatic heterocycles. The number of anilines is 2. The molecular formula is C43H58FN3O3. The molecule has 0 radical (unpaired) electrons. The van der Waals surface area contributed by atoms with Crippen molar-refractivity contribution in [3.05, 3.63) is 70.8 Å². The number of nitrogens with one attached hydrogen (secondary N) is 2. The lowest BCUT2D eigenvalue weighted by molar-refractivity contribution is -0.312. The van der Waals surface area contributed by atoms with Gasteiger partial charge in [-0.25, -0.2) is 4.79 Å². The number of fused-ring (bicyclic) bond motifs is 4. The molecule has 270 valence electrons. The Balaban J connectivity index is 0.971. The van der Waals surface area contributed by atoms with Crippen LogP contribution in [-0.4, -0.2) is 44.8 Å². The highest BCUT2D eigenvalue weighted by Gasteiger charge is 2.58. The molecule has 0 aromatic heterocycles. The number of halogens is 1. The Bertz CT molecular complexity index is 1550. The van der Waals surface area contributed by atoms with Crippen LogP contribution in [0.25, 0.3) is 0 Å². The molecule has 2 aromatic rings. The number of amides is 2. The number of carbonyl (C=O) groups is 1. The van der Waals surface area contributed by atoms with Crippen LogP contribution in [0.2, 0.25) is 0 Å². The van der Waals surface area contributed by atoms with Gasteiger partial charge in [-0.05, 0) is 122 Å². The SMILES string of the molecule is CC1(C)COC2(CCC3=C4C(c5ccc(CNC(=O)Nc6ccc(N7CCCCC7)cc6)cc5)CC5(C)C(CF)CCC5C4CCC3C2)OC1. The molecule has 6 nitrogen and oxygen atoms in total. The number of carbonyl (C=O) groups excluding carboxylic acids is 1. The van der Waals surface area contributed by atoms with E-state index in [1.54, 1.807) is 11.1 Å². The highest BCUT2D eigenvalue weighted by Crippen LogP contribution is 2.66. The van der Waals surface area contributed by atoms with Gasteiger partial charge in [0.05, 0.1) is 19.9 Å². The minimum Gasteiger partial charge on any atom is -0.372 e. The molecule has 2 amide bonds. The van der Waals surface area contributed by atoms with Crippen LogP contribution in [0.1, 0.15) is 108 Å². The number of piperidine rings is 1. The molecule has 2 aromatic carbocycles. The van der Waals surface area contributed by atoms with Gasteiger partial charge < -0.3 is 25.0 Å². The van der Waals surface area contributed by atoms with E-state index in [4.69, 9.17) is 9.47 Å². The van der Waals surface area contributed by atoms with Gasteiger partial charge in [-0.1, -0.05) is 56.2 Å². The molecule has 1 spiro atoms. The average Bonchev–Trinajstić information content (AvgIpc) is 3.48.